The Labute approximate surface area is 126 Å². The molecule has 0 saturated carbocycles. The molecule has 6 heteroatoms. The van der Waals surface area contributed by atoms with E-state index in [1.165, 1.54) is 0 Å². The summed E-state index contributed by atoms with van der Waals surface area (Å²) in [7, 11) is 0. The van der Waals surface area contributed by atoms with Crippen LogP contribution in [0.5, 0.6) is 0 Å². The van der Waals surface area contributed by atoms with Crippen LogP contribution in [-0.2, 0) is 13.0 Å². The molecular formula is C12H23IN4O. The van der Waals surface area contributed by atoms with Crippen molar-refractivity contribution in [3.05, 3.63) is 17.5 Å². The molecule has 0 aromatic carbocycles. The van der Waals surface area contributed by atoms with Crippen molar-refractivity contribution in [3.8, 4) is 0 Å². The smallest absolute Gasteiger partial charge is 0.191 e. The van der Waals surface area contributed by atoms with E-state index in [9.17, 15) is 0 Å². The average molecular weight is 366 g/mol. The van der Waals surface area contributed by atoms with Crippen LogP contribution in [0, 0.1) is 0 Å². The highest BCUT2D eigenvalue weighted by atomic mass is 127. The predicted octanol–water partition coefficient (Wildman–Crippen LogP) is 2.32. The number of nitrogens with zero attached hydrogens (tertiary/aromatic N) is 2. The second kappa shape index (κ2) is 9.18. The average Bonchev–Trinajstić information content (AvgIpc) is 2.73. The molecule has 0 spiro atoms. The molecule has 5 nitrogen and oxygen atoms in total. The lowest BCUT2D eigenvalue weighted by Crippen LogP contribution is -2.40. The van der Waals surface area contributed by atoms with Crippen molar-refractivity contribution in [3.63, 3.8) is 0 Å². The first-order valence-electron chi connectivity index (χ1n) is 6.15. The van der Waals surface area contributed by atoms with Gasteiger partial charge in [-0.25, -0.2) is 4.99 Å². The third-order valence-corrected chi connectivity index (χ3v) is 2.13. The minimum Gasteiger partial charge on any atom is -0.359 e. The van der Waals surface area contributed by atoms with Crippen LogP contribution in [-0.4, -0.2) is 23.7 Å². The molecule has 18 heavy (non-hydrogen) atoms. The number of halogens is 1. The van der Waals surface area contributed by atoms with Crippen molar-refractivity contribution in [2.75, 3.05) is 6.54 Å². The standard InChI is InChI=1S/C12H22N4O.HI/c1-5-10-7-11(17-16-10)8-14-12(13-6-2)15-9(3)4;/h7,9H,5-6,8H2,1-4H3,(H2,13,14,15);1H. The summed E-state index contributed by atoms with van der Waals surface area (Å²) in [6.07, 6.45) is 0.886. The van der Waals surface area contributed by atoms with Gasteiger partial charge in [-0.05, 0) is 27.2 Å². The maximum absolute atomic E-state index is 5.18. The van der Waals surface area contributed by atoms with Gasteiger partial charge in [-0.15, -0.1) is 24.0 Å². The van der Waals surface area contributed by atoms with E-state index in [1.54, 1.807) is 0 Å². The van der Waals surface area contributed by atoms with Gasteiger partial charge in [0.2, 0.25) is 0 Å². The SMILES string of the molecule is CCNC(=NCc1cc(CC)no1)NC(C)C.I. The van der Waals surface area contributed by atoms with Crippen molar-refractivity contribution < 1.29 is 4.52 Å². The number of hydrogen-bond donors (Lipinski definition) is 2. The van der Waals surface area contributed by atoms with E-state index in [0.717, 1.165) is 30.4 Å². The summed E-state index contributed by atoms with van der Waals surface area (Å²) >= 11 is 0. The molecule has 1 heterocycles. The molecule has 0 fully saturated rings. The number of aromatic nitrogens is 1. The Balaban J connectivity index is 0.00000289. The van der Waals surface area contributed by atoms with Crippen LogP contribution < -0.4 is 10.6 Å². The van der Waals surface area contributed by atoms with Gasteiger partial charge in [0.1, 0.15) is 6.54 Å². The van der Waals surface area contributed by atoms with Gasteiger partial charge in [0.05, 0.1) is 5.69 Å². The number of guanidine groups is 1. The zero-order valence-corrected chi connectivity index (χ0v) is 13.8. The van der Waals surface area contributed by atoms with Crippen molar-refractivity contribution in [2.24, 2.45) is 4.99 Å². The Morgan fingerprint density at radius 2 is 2.17 bits per heavy atom. The Morgan fingerprint density at radius 3 is 2.67 bits per heavy atom. The number of aryl methyl sites for hydroxylation is 1. The summed E-state index contributed by atoms with van der Waals surface area (Å²) < 4.78 is 5.18. The van der Waals surface area contributed by atoms with Crippen molar-refractivity contribution in [2.45, 2.75) is 46.7 Å². The van der Waals surface area contributed by atoms with Crippen LogP contribution in [0.15, 0.2) is 15.6 Å². The first kappa shape index (κ1) is 17.2. The maximum atomic E-state index is 5.18. The third kappa shape index (κ3) is 6.23. The molecule has 0 bridgehead atoms. The minimum absolute atomic E-state index is 0. The molecule has 1 aromatic heterocycles. The molecule has 0 radical (unpaired) electrons. The van der Waals surface area contributed by atoms with E-state index >= 15 is 0 Å². The molecule has 0 aliphatic heterocycles. The topological polar surface area (TPSA) is 62.5 Å². The summed E-state index contributed by atoms with van der Waals surface area (Å²) in [4.78, 5) is 4.43. The number of aliphatic imine (C=N–C) groups is 1. The predicted molar refractivity (Wildman–Crippen MR) is 84.4 cm³/mol. The Bertz CT molecular complexity index is 363. The monoisotopic (exact) mass is 366 g/mol. The summed E-state index contributed by atoms with van der Waals surface area (Å²) in [5.74, 6) is 1.60. The molecule has 1 rings (SSSR count). The number of nitrogens with one attached hydrogen (secondary N) is 2. The van der Waals surface area contributed by atoms with Gasteiger partial charge < -0.3 is 15.2 Å². The van der Waals surface area contributed by atoms with Gasteiger partial charge in [0.25, 0.3) is 0 Å². The zero-order chi connectivity index (χ0) is 12.7. The van der Waals surface area contributed by atoms with E-state index in [0.29, 0.717) is 12.6 Å². The van der Waals surface area contributed by atoms with Crippen LogP contribution in [0.3, 0.4) is 0 Å². The number of hydrogen-bond acceptors (Lipinski definition) is 3. The summed E-state index contributed by atoms with van der Waals surface area (Å²) in [6, 6.07) is 2.30. The zero-order valence-electron chi connectivity index (χ0n) is 11.5. The van der Waals surface area contributed by atoms with Crippen LogP contribution >= 0.6 is 24.0 Å². The Morgan fingerprint density at radius 1 is 1.44 bits per heavy atom. The van der Waals surface area contributed by atoms with Gasteiger partial charge in [-0.1, -0.05) is 12.1 Å². The van der Waals surface area contributed by atoms with E-state index in [-0.39, 0.29) is 24.0 Å². The Hall–Kier alpha value is -0.790. The fraction of sp³-hybridized carbons (Fsp3) is 0.667. The first-order valence-corrected chi connectivity index (χ1v) is 6.15. The molecule has 0 saturated heterocycles. The fourth-order valence-electron chi connectivity index (χ4n) is 1.35. The fourth-order valence-corrected chi connectivity index (χ4v) is 1.35. The molecule has 0 atom stereocenters. The van der Waals surface area contributed by atoms with E-state index < -0.39 is 0 Å². The first-order chi connectivity index (χ1) is 8.15. The lowest BCUT2D eigenvalue weighted by Gasteiger charge is -2.13. The van der Waals surface area contributed by atoms with Gasteiger partial charge in [0, 0.05) is 18.7 Å². The van der Waals surface area contributed by atoms with Crippen molar-refractivity contribution in [1.82, 2.24) is 15.8 Å². The largest absolute Gasteiger partial charge is 0.359 e. The minimum atomic E-state index is 0. The van der Waals surface area contributed by atoms with Crippen LogP contribution in [0.1, 0.15) is 39.1 Å². The highest BCUT2D eigenvalue weighted by molar-refractivity contribution is 14.0. The molecule has 2 N–H and O–H groups in total. The quantitative estimate of drug-likeness (QED) is 0.477. The van der Waals surface area contributed by atoms with Crippen LogP contribution in [0.25, 0.3) is 0 Å². The van der Waals surface area contributed by atoms with Crippen molar-refractivity contribution in [1.29, 1.82) is 0 Å². The highest BCUT2D eigenvalue weighted by Crippen LogP contribution is 2.05. The maximum Gasteiger partial charge on any atom is 0.191 e. The lowest BCUT2D eigenvalue weighted by atomic mass is 10.3. The Kier molecular flexibility index (Phi) is 8.78. The van der Waals surface area contributed by atoms with Crippen LogP contribution in [0.2, 0.25) is 0 Å². The molecule has 1 aromatic rings. The molecule has 104 valence electrons. The van der Waals surface area contributed by atoms with E-state index in [2.05, 4.69) is 41.6 Å². The van der Waals surface area contributed by atoms with Gasteiger partial charge in [-0.2, -0.15) is 0 Å². The summed E-state index contributed by atoms with van der Waals surface area (Å²) in [5.41, 5.74) is 0.969. The van der Waals surface area contributed by atoms with Crippen LogP contribution in [0.4, 0.5) is 0 Å². The molecular weight excluding hydrogens is 343 g/mol. The molecule has 0 unspecified atom stereocenters. The third-order valence-electron chi connectivity index (χ3n) is 2.13. The van der Waals surface area contributed by atoms with Gasteiger partial charge in [-0.3, -0.25) is 0 Å². The molecule has 0 aliphatic carbocycles. The van der Waals surface area contributed by atoms with Gasteiger partial charge >= 0.3 is 0 Å². The number of rotatable bonds is 5. The van der Waals surface area contributed by atoms with Crippen molar-refractivity contribution >= 4 is 29.9 Å². The van der Waals surface area contributed by atoms with E-state index in [1.807, 2.05) is 13.0 Å². The lowest BCUT2D eigenvalue weighted by molar-refractivity contribution is 0.379. The second-order valence-corrected chi connectivity index (χ2v) is 4.13. The highest BCUT2D eigenvalue weighted by Gasteiger charge is 2.03. The molecule has 0 amide bonds. The summed E-state index contributed by atoms with van der Waals surface area (Å²) in [6.45, 7) is 9.60. The second-order valence-electron chi connectivity index (χ2n) is 4.13. The molecule has 0 aliphatic rings. The summed E-state index contributed by atoms with van der Waals surface area (Å²) in [5, 5.41) is 10.4. The van der Waals surface area contributed by atoms with Gasteiger partial charge in [0.15, 0.2) is 11.7 Å². The normalized spacial score (nSPS) is 11.3. The van der Waals surface area contributed by atoms with E-state index in [4.69, 9.17) is 4.52 Å².